The fourth-order valence-corrected chi connectivity index (χ4v) is 2.24. The largest absolute Gasteiger partial charge is 0.436 e. The summed E-state index contributed by atoms with van der Waals surface area (Å²) in [5.41, 5.74) is 0. The lowest BCUT2D eigenvalue weighted by molar-refractivity contribution is 0.268. The van der Waals surface area contributed by atoms with E-state index in [1.54, 1.807) is 0 Å². The van der Waals surface area contributed by atoms with E-state index in [0.29, 0.717) is 12.8 Å². The maximum atomic E-state index is 6.06. The van der Waals surface area contributed by atoms with E-state index >= 15 is 0 Å². The van der Waals surface area contributed by atoms with Crippen molar-refractivity contribution >= 4 is 6.92 Å². The van der Waals surface area contributed by atoms with E-state index in [2.05, 4.69) is 27.7 Å². The molecule has 0 amide bonds. The maximum absolute atomic E-state index is 6.06. The van der Waals surface area contributed by atoms with Gasteiger partial charge >= 0.3 is 0 Å². The van der Waals surface area contributed by atoms with Gasteiger partial charge in [0.1, 0.15) is 0 Å². The minimum atomic E-state index is 0.529. The molecule has 0 saturated heterocycles. The number of hydrogen-bond acceptors (Lipinski definition) is 1. The van der Waals surface area contributed by atoms with Crippen molar-refractivity contribution in [1.82, 2.24) is 0 Å². The average molecular weight is 254 g/mol. The van der Waals surface area contributed by atoms with Crippen LogP contribution in [0.1, 0.15) is 79.1 Å². The highest BCUT2D eigenvalue weighted by Gasteiger charge is 2.15. The van der Waals surface area contributed by atoms with Gasteiger partial charge in [0.2, 0.25) is 0 Å². The number of rotatable bonds is 13. The van der Waals surface area contributed by atoms with E-state index in [4.69, 9.17) is 4.65 Å². The van der Waals surface area contributed by atoms with Crippen LogP contribution >= 0.6 is 0 Å². The minimum absolute atomic E-state index is 0.529. The Kier molecular flexibility index (Phi) is 13.5. The van der Waals surface area contributed by atoms with Crippen LogP contribution in [-0.4, -0.2) is 13.5 Å². The maximum Gasteiger partial charge on any atom is 0.293 e. The number of hydrogen-bond donors (Lipinski definition) is 0. The Morgan fingerprint density at radius 2 is 1.28 bits per heavy atom. The van der Waals surface area contributed by atoms with E-state index in [1.165, 1.54) is 64.0 Å². The second-order valence-corrected chi connectivity index (χ2v) is 6.05. The molecule has 0 spiro atoms. The SMILES string of the molecule is CCCCCCB(CCCCCC)OCC(C)C. The van der Waals surface area contributed by atoms with Gasteiger partial charge in [0, 0.05) is 6.61 Å². The highest BCUT2D eigenvalue weighted by Crippen LogP contribution is 2.15. The van der Waals surface area contributed by atoms with Crippen LogP contribution in [0.2, 0.25) is 12.6 Å². The lowest BCUT2D eigenvalue weighted by atomic mass is 9.59. The van der Waals surface area contributed by atoms with Gasteiger partial charge in [-0.25, -0.2) is 0 Å². The zero-order valence-corrected chi connectivity index (χ0v) is 13.3. The Morgan fingerprint density at radius 1 is 0.778 bits per heavy atom. The van der Waals surface area contributed by atoms with Gasteiger partial charge < -0.3 is 4.65 Å². The number of unbranched alkanes of at least 4 members (excludes halogenated alkanes) is 6. The van der Waals surface area contributed by atoms with Gasteiger partial charge in [-0.2, -0.15) is 0 Å². The van der Waals surface area contributed by atoms with Crippen molar-refractivity contribution < 1.29 is 4.65 Å². The predicted octanol–water partition coefficient (Wildman–Crippen LogP) is 5.81. The average Bonchev–Trinajstić information content (AvgIpc) is 2.35. The third-order valence-corrected chi connectivity index (χ3v) is 3.42. The summed E-state index contributed by atoms with van der Waals surface area (Å²) in [6.45, 7) is 10.5. The third-order valence-electron chi connectivity index (χ3n) is 3.42. The monoisotopic (exact) mass is 254 g/mol. The van der Waals surface area contributed by atoms with Gasteiger partial charge in [-0.1, -0.05) is 79.1 Å². The molecule has 0 aromatic heterocycles. The third kappa shape index (κ3) is 12.5. The lowest BCUT2D eigenvalue weighted by Gasteiger charge is -2.16. The smallest absolute Gasteiger partial charge is 0.293 e. The fourth-order valence-electron chi connectivity index (χ4n) is 2.24. The summed E-state index contributed by atoms with van der Waals surface area (Å²) >= 11 is 0. The molecule has 0 aliphatic rings. The molecule has 0 aliphatic heterocycles. The molecule has 0 aromatic rings. The van der Waals surface area contributed by atoms with Crippen molar-refractivity contribution in [3.63, 3.8) is 0 Å². The second kappa shape index (κ2) is 13.5. The Morgan fingerprint density at radius 3 is 1.67 bits per heavy atom. The van der Waals surface area contributed by atoms with E-state index in [0.717, 1.165) is 6.61 Å². The molecule has 0 N–H and O–H groups in total. The first-order valence-electron chi connectivity index (χ1n) is 8.32. The highest BCUT2D eigenvalue weighted by molar-refractivity contribution is 6.51. The molecule has 0 unspecified atom stereocenters. The Labute approximate surface area is 116 Å². The van der Waals surface area contributed by atoms with Crippen LogP contribution in [0, 0.1) is 5.92 Å². The lowest BCUT2D eigenvalue weighted by Crippen LogP contribution is -2.20. The van der Waals surface area contributed by atoms with Crippen LogP contribution in [-0.2, 0) is 4.65 Å². The normalized spacial score (nSPS) is 11.2. The van der Waals surface area contributed by atoms with Gasteiger partial charge in [-0.3, -0.25) is 0 Å². The summed E-state index contributed by atoms with van der Waals surface area (Å²) in [4.78, 5) is 0. The van der Waals surface area contributed by atoms with Crippen molar-refractivity contribution in [3.8, 4) is 0 Å². The van der Waals surface area contributed by atoms with Crippen molar-refractivity contribution in [1.29, 1.82) is 0 Å². The molecule has 108 valence electrons. The van der Waals surface area contributed by atoms with Crippen LogP contribution in [0.4, 0.5) is 0 Å². The molecular weight excluding hydrogens is 219 g/mol. The molecule has 0 radical (unpaired) electrons. The molecule has 0 heterocycles. The summed E-state index contributed by atoms with van der Waals surface area (Å²) in [7, 11) is 0. The summed E-state index contributed by atoms with van der Waals surface area (Å²) in [5.74, 6) is 0.666. The van der Waals surface area contributed by atoms with Crippen molar-refractivity contribution in [3.05, 3.63) is 0 Å². The topological polar surface area (TPSA) is 9.23 Å². The van der Waals surface area contributed by atoms with E-state index in [-0.39, 0.29) is 0 Å². The molecule has 0 fully saturated rings. The quantitative estimate of drug-likeness (QED) is 0.297. The van der Waals surface area contributed by atoms with Gasteiger partial charge in [-0.05, 0) is 18.6 Å². The Balaban J connectivity index is 3.69. The van der Waals surface area contributed by atoms with Gasteiger partial charge in [0.15, 0.2) is 0 Å². The predicted molar refractivity (Wildman–Crippen MR) is 84.4 cm³/mol. The summed E-state index contributed by atoms with van der Waals surface area (Å²) in [6.07, 6.45) is 13.4. The van der Waals surface area contributed by atoms with Crippen LogP contribution in [0.5, 0.6) is 0 Å². The minimum Gasteiger partial charge on any atom is -0.436 e. The zero-order chi connectivity index (χ0) is 13.6. The zero-order valence-electron chi connectivity index (χ0n) is 13.3. The van der Waals surface area contributed by atoms with Crippen LogP contribution in [0.25, 0.3) is 0 Å². The first kappa shape index (κ1) is 18.0. The standard InChI is InChI=1S/C16H35BO/c1-5-7-9-11-13-17(18-15-16(3)4)14-12-10-8-6-2/h16H,5-15H2,1-4H3. The fraction of sp³-hybridized carbons (Fsp3) is 1.00. The Hall–Kier alpha value is 0.0249. The summed E-state index contributed by atoms with van der Waals surface area (Å²) in [5, 5.41) is 0. The molecule has 18 heavy (non-hydrogen) atoms. The van der Waals surface area contributed by atoms with Crippen molar-refractivity contribution in [2.75, 3.05) is 6.61 Å². The molecule has 0 atom stereocenters. The second-order valence-electron chi connectivity index (χ2n) is 6.05. The molecule has 2 heteroatoms. The molecule has 0 aliphatic carbocycles. The van der Waals surface area contributed by atoms with Gasteiger partial charge in [0.05, 0.1) is 0 Å². The Bertz CT molecular complexity index is 147. The van der Waals surface area contributed by atoms with Gasteiger partial charge in [0.25, 0.3) is 6.92 Å². The first-order valence-corrected chi connectivity index (χ1v) is 8.32. The van der Waals surface area contributed by atoms with Crippen LogP contribution < -0.4 is 0 Å². The summed E-state index contributed by atoms with van der Waals surface area (Å²) in [6, 6.07) is 0. The van der Waals surface area contributed by atoms with Gasteiger partial charge in [-0.15, -0.1) is 0 Å². The first-order chi connectivity index (χ1) is 8.70. The molecule has 0 bridgehead atoms. The van der Waals surface area contributed by atoms with Crippen LogP contribution in [0.15, 0.2) is 0 Å². The molecule has 1 nitrogen and oxygen atoms in total. The van der Waals surface area contributed by atoms with Crippen LogP contribution in [0.3, 0.4) is 0 Å². The van der Waals surface area contributed by atoms with E-state index in [9.17, 15) is 0 Å². The molecule has 0 rings (SSSR count). The van der Waals surface area contributed by atoms with Crippen molar-refractivity contribution in [2.24, 2.45) is 5.92 Å². The highest BCUT2D eigenvalue weighted by atomic mass is 16.4. The van der Waals surface area contributed by atoms with E-state index < -0.39 is 0 Å². The molecular formula is C16H35BO. The summed E-state index contributed by atoms with van der Waals surface area (Å²) < 4.78 is 6.06. The molecule has 0 aromatic carbocycles. The molecule has 0 saturated carbocycles. The van der Waals surface area contributed by atoms with Crippen molar-refractivity contribution in [2.45, 2.75) is 91.7 Å². The van der Waals surface area contributed by atoms with E-state index in [1.807, 2.05) is 0 Å².